The van der Waals surface area contributed by atoms with Crippen LogP contribution in [-0.2, 0) is 18.9 Å². The highest BCUT2D eigenvalue weighted by molar-refractivity contribution is 6.55. The quantitative estimate of drug-likeness (QED) is 0.145. The van der Waals surface area contributed by atoms with Gasteiger partial charge in [-0.25, -0.2) is 0 Å². The van der Waals surface area contributed by atoms with E-state index in [1.165, 1.54) is 0 Å². The summed E-state index contributed by atoms with van der Waals surface area (Å²) in [6.45, 7) is 29.1. The number of hydrogen-bond donors (Lipinski definition) is 0. The molecule has 2 radical (unpaired) electrons. The Balaban J connectivity index is -0.0000000622. The van der Waals surface area contributed by atoms with E-state index in [1.54, 1.807) is 0 Å². The first-order valence-corrected chi connectivity index (χ1v) is 11.5. The van der Waals surface area contributed by atoms with Crippen LogP contribution >= 0.6 is 0 Å². The summed E-state index contributed by atoms with van der Waals surface area (Å²) in [6.07, 6.45) is 3.09. The van der Waals surface area contributed by atoms with Gasteiger partial charge in [0.1, 0.15) is 21.4 Å². The van der Waals surface area contributed by atoms with Gasteiger partial charge in [-0.1, -0.05) is 86.1 Å². The van der Waals surface area contributed by atoms with Crippen LogP contribution in [-0.4, -0.2) is 58.8 Å². The summed E-state index contributed by atoms with van der Waals surface area (Å²) in [4.78, 5) is 0. The Morgan fingerprint density at radius 2 is 0.750 bits per heavy atom. The minimum absolute atomic E-state index is 0. The van der Waals surface area contributed by atoms with Gasteiger partial charge >= 0.3 is 0 Å². The first-order chi connectivity index (χ1) is 13.4. The van der Waals surface area contributed by atoms with Crippen molar-refractivity contribution in [3.05, 3.63) is 0 Å². The summed E-state index contributed by atoms with van der Waals surface area (Å²) in [6, 6.07) is 0. The molecule has 0 aliphatic rings. The Labute approximate surface area is 235 Å². The van der Waals surface area contributed by atoms with Crippen LogP contribution < -0.4 is 0 Å². The third kappa shape index (κ3) is 64.3. The first kappa shape index (κ1) is 56.2. The molecule has 4 nitrogen and oxygen atoms in total. The molecule has 0 amide bonds. The number of rotatable bonds is 12. The molecule has 0 aromatic rings. The Morgan fingerprint density at radius 3 is 0.972 bits per heavy atom. The number of ether oxygens (including phenoxy) is 4. The van der Waals surface area contributed by atoms with Crippen LogP contribution in [0.3, 0.4) is 0 Å². The molecule has 0 bridgehead atoms. The van der Waals surface area contributed by atoms with E-state index >= 15 is 0 Å². The van der Waals surface area contributed by atoms with Gasteiger partial charge in [0.25, 0.3) is 0 Å². The van der Waals surface area contributed by atoms with Gasteiger partial charge in [-0.3, -0.25) is 0 Å². The molecule has 6 heteroatoms. The third-order valence-electron chi connectivity index (χ3n) is 3.76. The number of hydrogen-bond acceptors (Lipinski definition) is 4. The van der Waals surface area contributed by atoms with Crippen LogP contribution in [0.4, 0.5) is 0 Å². The maximum absolute atomic E-state index is 5.56. The van der Waals surface area contributed by atoms with Crippen molar-refractivity contribution in [1.29, 1.82) is 0 Å². The second-order valence-corrected chi connectivity index (χ2v) is 12.2. The van der Waals surface area contributed by atoms with Crippen molar-refractivity contribution >= 4 is 14.6 Å². The average molecular weight is 523 g/mol. The van der Waals surface area contributed by atoms with E-state index in [0.29, 0.717) is 30.6 Å². The SMILES string of the molecule is C.C.C.C.C.C.CC(C)(C)CCOCOCCC(C)(C)C.CC(C)(C)OC[B]C[B]COC(C)(C)C. The highest BCUT2D eigenvalue weighted by atomic mass is 16.7. The smallest absolute Gasteiger partial charge is 0.146 e. The van der Waals surface area contributed by atoms with Crippen molar-refractivity contribution in [1.82, 2.24) is 0 Å². The predicted molar refractivity (Wildman–Crippen MR) is 173 cm³/mol. The zero-order chi connectivity index (χ0) is 23.9. The van der Waals surface area contributed by atoms with Gasteiger partial charge in [0.2, 0.25) is 0 Å². The summed E-state index contributed by atoms with van der Waals surface area (Å²) in [7, 11) is 4.24. The van der Waals surface area contributed by atoms with Gasteiger partial charge in [0.05, 0.1) is 11.2 Å². The van der Waals surface area contributed by atoms with Crippen LogP contribution in [0.1, 0.15) is 140 Å². The van der Waals surface area contributed by atoms with Gasteiger partial charge in [0.15, 0.2) is 0 Å². The molecule has 36 heavy (non-hydrogen) atoms. The van der Waals surface area contributed by atoms with E-state index in [4.69, 9.17) is 18.9 Å². The third-order valence-corrected chi connectivity index (χ3v) is 3.76. The van der Waals surface area contributed by atoms with Crippen LogP contribution in [0.2, 0.25) is 6.22 Å². The summed E-state index contributed by atoms with van der Waals surface area (Å²) in [5.41, 5.74) is 0.619. The van der Waals surface area contributed by atoms with Crippen molar-refractivity contribution in [3.63, 3.8) is 0 Å². The van der Waals surface area contributed by atoms with Gasteiger partial charge in [-0.2, -0.15) is 0 Å². The van der Waals surface area contributed by atoms with Crippen molar-refractivity contribution in [2.45, 2.75) is 158 Å². The fourth-order valence-corrected chi connectivity index (χ4v) is 1.81. The lowest BCUT2D eigenvalue weighted by Gasteiger charge is -2.20. The molecule has 0 saturated carbocycles. The summed E-state index contributed by atoms with van der Waals surface area (Å²) < 4.78 is 21.9. The molecule has 0 aliphatic carbocycles. The zero-order valence-corrected chi connectivity index (χ0v) is 22.4. The normalized spacial score (nSPS) is 10.8. The van der Waals surface area contributed by atoms with Gasteiger partial charge in [-0.05, 0) is 65.2 Å². The molecule has 0 atom stereocenters. The molecule has 226 valence electrons. The molecular weight excluding hydrogens is 446 g/mol. The van der Waals surface area contributed by atoms with Crippen LogP contribution in [0.5, 0.6) is 0 Å². The molecule has 0 heterocycles. The lowest BCUT2D eigenvalue weighted by atomic mass is 9.56. The lowest BCUT2D eigenvalue weighted by molar-refractivity contribution is -0.0645. The topological polar surface area (TPSA) is 36.9 Å². The van der Waals surface area contributed by atoms with Crippen molar-refractivity contribution < 1.29 is 18.9 Å². The molecule has 0 aromatic heterocycles. The van der Waals surface area contributed by atoms with Crippen LogP contribution in [0.15, 0.2) is 0 Å². The Hall–Kier alpha value is -0.0301. The second-order valence-electron chi connectivity index (χ2n) is 12.2. The van der Waals surface area contributed by atoms with E-state index in [-0.39, 0.29) is 55.8 Å². The van der Waals surface area contributed by atoms with E-state index in [9.17, 15) is 0 Å². The zero-order valence-electron chi connectivity index (χ0n) is 22.4. The summed E-state index contributed by atoms with van der Waals surface area (Å²) >= 11 is 0. The monoisotopic (exact) mass is 523 g/mol. The fraction of sp³-hybridized carbons (Fsp3) is 1.00. The molecule has 0 unspecified atom stereocenters. The minimum Gasteiger partial charge on any atom is -0.385 e. The Bertz CT molecular complexity index is 316. The molecule has 0 fully saturated rings. The van der Waals surface area contributed by atoms with E-state index in [2.05, 4.69) is 97.6 Å². The molecule has 0 spiro atoms. The largest absolute Gasteiger partial charge is 0.385 e. The van der Waals surface area contributed by atoms with Gasteiger partial charge < -0.3 is 18.9 Å². The van der Waals surface area contributed by atoms with Crippen molar-refractivity contribution in [2.75, 3.05) is 33.0 Å². The second kappa shape index (κ2) is 28.0. The lowest BCUT2D eigenvalue weighted by Crippen LogP contribution is -2.25. The maximum Gasteiger partial charge on any atom is 0.146 e. The van der Waals surface area contributed by atoms with E-state index < -0.39 is 0 Å². The molecule has 0 aliphatic heterocycles. The van der Waals surface area contributed by atoms with Crippen LogP contribution in [0, 0.1) is 10.8 Å². The van der Waals surface area contributed by atoms with E-state index in [0.717, 1.165) is 32.3 Å². The fourth-order valence-electron chi connectivity index (χ4n) is 1.81. The highest BCUT2D eigenvalue weighted by Gasteiger charge is 2.12. The van der Waals surface area contributed by atoms with Gasteiger partial charge in [-0.15, -0.1) is 6.22 Å². The standard InChI is InChI=1S/C13H28O2.C11H24B2O2.6CH4/c1-12(2,3)7-9-14-11-15-10-8-13(4,5)6;1-10(2,3)14-8-12-7-13-9-15-11(4,5)6;;;;;;/h7-11H2,1-6H3;7-9H2,1-6H3;6*1H4. The Morgan fingerprint density at radius 1 is 0.472 bits per heavy atom. The van der Waals surface area contributed by atoms with Gasteiger partial charge in [0, 0.05) is 26.2 Å². The van der Waals surface area contributed by atoms with E-state index in [1.807, 2.05) is 0 Å². The van der Waals surface area contributed by atoms with Crippen molar-refractivity contribution in [3.8, 4) is 0 Å². The molecule has 0 aromatic carbocycles. The predicted octanol–water partition coefficient (Wildman–Crippen LogP) is 9.98. The first-order valence-electron chi connectivity index (χ1n) is 11.5. The average Bonchev–Trinajstić information content (AvgIpc) is 2.49. The minimum atomic E-state index is -0.0432. The summed E-state index contributed by atoms with van der Waals surface area (Å²) in [5.74, 6) is 0. The van der Waals surface area contributed by atoms with Crippen LogP contribution in [0.25, 0.3) is 0 Å². The van der Waals surface area contributed by atoms with Crippen molar-refractivity contribution in [2.24, 2.45) is 10.8 Å². The highest BCUT2D eigenvalue weighted by Crippen LogP contribution is 2.19. The molecule has 0 N–H and O–H groups in total. The molecular formula is C30H76B2O4. The maximum atomic E-state index is 5.56. The molecule has 0 saturated heterocycles. The summed E-state index contributed by atoms with van der Waals surface area (Å²) in [5, 5.41) is 0. The Kier molecular flexibility index (Phi) is 43.7. The molecule has 0 rings (SSSR count).